The number of alkyl halides is 18. The lowest BCUT2D eigenvalue weighted by Crippen LogP contribution is -2.57. The fraction of sp³-hybridized carbons (Fsp3) is 0.685. The average molecular weight is 1670 g/mol. The predicted molar refractivity (Wildman–Crippen MR) is 391 cm³/mol. The van der Waals surface area contributed by atoms with Crippen molar-refractivity contribution in [2.24, 2.45) is 0 Å². The number of unbranched alkanes of at least 4 members (excludes halogenated alkanes) is 14. The van der Waals surface area contributed by atoms with Crippen molar-refractivity contribution in [3.8, 4) is 0 Å². The zero-order valence-corrected chi connectivity index (χ0v) is 58.1. The normalized spacial score (nSPS) is 13.4. The third kappa shape index (κ3) is 38.8. The van der Waals surface area contributed by atoms with E-state index < -0.39 is 124 Å². The molecule has 108 heavy (non-hydrogen) atoms. The molecule has 0 aromatic heterocycles. The molecule has 0 aliphatic heterocycles. The smallest absolute Gasteiger partial charge is 0.432 e. The summed E-state index contributed by atoms with van der Waals surface area (Å²) in [7, 11) is -13.4. The van der Waals surface area contributed by atoms with Crippen LogP contribution >= 0.6 is 0 Å². The summed E-state index contributed by atoms with van der Waals surface area (Å²) in [4.78, 5) is 11.8. The third-order valence-electron chi connectivity index (χ3n) is 16.1. The Morgan fingerprint density at radius 2 is 0.639 bits per heavy atom. The van der Waals surface area contributed by atoms with Crippen molar-refractivity contribution in [1.82, 2.24) is 0 Å². The van der Waals surface area contributed by atoms with E-state index in [1.807, 2.05) is 13.8 Å². The molecule has 2 N–H and O–H groups in total. The van der Waals surface area contributed by atoms with Gasteiger partial charge in [0.2, 0.25) is 0 Å². The maximum absolute atomic E-state index is 13.9. The van der Waals surface area contributed by atoms with Crippen LogP contribution in [0.25, 0.3) is 6.08 Å². The van der Waals surface area contributed by atoms with Crippen molar-refractivity contribution < 1.29 is 142 Å². The average Bonchev–Trinajstić information content (AvgIpc) is 0.748. The second-order valence-corrected chi connectivity index (χ2v) is 28.5. The highest BCUT2D eigenvalue weighted by Gasteiger charge is 2.76. The van der Waals surface area contributed by atoms with Gasteiger partial charge in [0.25, 0.3) is 11.2 Å². The van der Waals surface area contributed by atoms with Crippen LogP contribution in [0.4, 0.5) is 95.5 Å². The van der Waals surface area contributed by atoms with Crippen molar-refractivity contribution in [3.63, 3.8) is 0 Å². The number of aliphatic hydroxyl groups is 2. The van der Waals surface area contributed by atoms with Gasteiger partial charge in [0.1, 0.15) is 0 Å². The highest BCUT2D eigenvalue weighted by atomic mass is 32.3. The van der Waals surface area contributed by atoms with Crippen LogP contribution in [0.2, 0.25) is 0 Å². The van der Waals surface area contributed by atoms with Crippen LogP contribution in [0.5, 0.6) is 0 Å². The van der Waals surface area contributed by atoms with Crippen molar-refractivity contribution >= 4 is 42.9 Å². The van der Waals surface area contributed by atoms with E-state index in [-0.39, 0.29) is 90.9 Å². The van der Waals surface area contributed by atoms with Gasteiger partial charge in [-0.2, -0.15) is 104 Å². The predicted octanol–water partition coefficient (Wildman–Crippen LogP) is 27.1. The van der Waals surface area contributed by atoms with Gasteiger partial charge in [-0.25, -0.2) is 4.79 Å². The molecule has 0 fully saturated rings. The number of carbonyl (C=O) groups is 1. The zero-order chi connectivity index (χ0) is 77.8. The summed E-state index contributed by atoms with van der Waals surface area (Å²) in [5.41, 5.74) is -17.0. The Morgan fingerprint density at radius 1 is 0.407 bits per heavy atom. The molecular formula is C73H121F21O11S3. The minimum atomic E-state index is -6.00. The molecule has 0 amide bonds. The van der Waals surface area contributed by atoms with Gasteiger partial charge in [0, 0.05) is 18.1 Å². The van der Waals surface area contributed by atoms with E-state index in [1.54, 1.807) is 13.8 Å². The van der Waals surface area contributed by atoms with Gasteiger partial charge in [-0.3, -0.25) is 0 Å². The first kappa shape index (κ1) is 121. The van der Waals surface area contributed by atoms with E-state index in [2.05, 4.69) is 22.6 Å². The van der Waals surface area contributed by atoms with Gasteiger partial charge in [-0.15, -0.1) is 11.7 Å². The third-order valence-corrected chi connectivity index (χ3v) is 19.2. The highest BCUT2D eigenvalue weighted by Crippen LogP contribution is 2.54. The van der Waals surface area contributed by atoms with Crippen LogP contribution in [0.1, 0.15) is 289 Å². The van der Waals surface area contributed by atoms with Crippen LogP contribution in [0, 0.1) is 0 Å². The SMILES string of the molecule is C.C.C.C.C.C.C.C.C=CS(=O)(=O)F.C=Cc1ccc(C(O)(C(F)(F)F)C(F)(F)F)cc1.CCC(CCCCCCCCCCC(C)c1ccc(C(O)(C(F)(F)F)C(F)(F)F)cc1)S(=O)(=O)F.CCC(CCCCCCCCCCC(C)c1ccc(C(OC(=O)OC(C)C)(C(F)(F)F)C(F)(F)F)cc1)S(=O)(=O)F.[HH]. The second kappa shape index (κ2) is 52.1. The number of carbonyl (C=O) groups excluding carboxylic acids is 1. The van der Waals surface area contributed by atoms with Gasteiger partial charge in [0.05, 0.1) is 22.0 Å². The Hall–Kier alpha value is -5.29. The number of hydrogen-bond acceptors (Lipinski definition) is 11. The molecular weight excluding hydrogens is 1550 g/mol. The largest absolute Gasteiger partial charge is 0.510 e. The van der Waals surface area contributed by atoms with Crippen molar-refractivity contribution in [2.75, 3.05) is 0 Å². The first-order valence-corrected chi connectivity index (χ1v) is 36.0. The van der Waals surface area contributed by atoms with E-state index in [0.717, 1.165) is 108 Å². The first-order valence-electron chi connectivity index (χ1n) is 31.6. The lowest BCUT2D eigenvalue weighted by molar-refractivity contribution is -0.377. The Morgan fingerprint density at radius 3 is 0.843 bits per heavy atom. The van der Waals surface area contributed by atoms with Crippen LogP contribution in [-0.4, -0.2) is 95.3 Å². The molecule has 0 aliphatic rings. The van der Waals surface area contributed by atoms with E-state index in [9.17, 15) is 126 Å². The highest BCUT2D eigenvalue weighted by molar-refractivity contribution is 7.89. The Balaban J connectivity index is -0.000000164. The standard InChI is InChI=1S/C28H41F7O5S.C24H35F7O3S.C11H8F6O.C2H3FO2S.8CH4.H2/c1-5-24(41(35,37)38)15-13-11-9-7-6-8-10-12-14-21(4)22-16-18-23(19-17-22)26(27(29,30)31,28(32,33)34)40-25(36)39-20(2)3;1-3-21(35(31,33)34)13-11-9-7-5-4-6-8-10-12-18(2)19-14-16-20(17-15-19)22(32,23(25,26)27)24(28,29)30;1-2-7-3-5-8(6-4-7)9(18,10(12,13)14)11(15,16)17;1-2-6(3,4)5;;;;;;;;;/h16-21,24H,5-15H2,1-4H3;14-18,21,32H,3-13H2,1-2H3;2-6,18H,1H2;2H,1H2;8*1H4;1H. The number of benzene rings is 3. The van der Waals surface area contributed by atoms with E-state index in [0.29, 0.717) is 85.2 Å². The summed E-state index contributed by atoms with van der Waals surface area (Å²) in [6.45, 7) is 15.5. The minimum Gasteiger partial charge on any atom is -0.432 e. The van der Waals surface area contributed by atoms with Gasteiger partial charge >= 0.3 is 79.5 Å². The summed E-state index contributed by atoms with van der Waals surface area (Å²) in [6.07, 6.45) is -20.6. The fourth-order valence-corrected chi connectivity index (χ4v) is 11.8. The molecule has 3 rings (SSSR count). The van der Waals surface area contributed by atoms with Crippen LogP contribution in [0.15, 0.2) is 91.4 Å². The van der Waals surface area contributed by atoms with Gasteiger partial charge < -0.3 is 19.7 Å². The molecule has 3 aromatic carbocycles. The van der Waals surface area contributed by atoms with Crippen LogP contribution < -0.4 is 0 Å². The van der Waals surface area contributed by atoms with Crippen LogP contribution in [0.3, 0.4) is 0 Å². The molecule has 4 unspecified atom stereocenters. The molecule has 0 bridgehead atoms. The molecule has 644 valence electrons. The molecule has 0 saturated heterocycles. The van der Waals surface area contributed by atoms with Gasteiger partial charge in [-0.05, 0) is 80.9 Å². The molecule has 35 heteroatoms. The molecule has 0 radical (unpaired) electrons. The lowest BCUT2D eigenvalue weighted by atomic mass is 9.88. The second-order valence-electron chi connectivity index (χ2n) is 23.9. The number of hydrogen-bond donors (Lipinski definition) is 2. The first-order chi connectivity index (χ1) is 45.5. The summed E-state index contributed by atoms with van der Waals surface area (Å²) in [6, 6.07) is 10.6. The molecule has 0 spiro atoms. The number of ether oxygens (including phenoxy) is 2. The van der Waals surface area contributed by atoms with Gasteiger partial charge in [-0.1, -0.05) is 282 Å². The van der Waals surface area contributed by atoms with E-state index in [4.69, 9.17) is 5.11 Å². The quantitative estimate of drug-likeness (QED) is 0.0248. The van der Waals surface area contributed by atoms with Crippen LogP contribution in [-0.2, 0) is 56.9 Å². The summed E-state index contributed by atoms with van der Waals surface area (Å²) >= 11 is 0. The Labute approximate surface area is 631 Å². The van der Waals surface area contributed by atoms with Crippen molar-refractivity contribution in [1.29, 1.82) is 0 Å². The lowest BCUT2D eigenvalue weighted by Gasteiger charge is -2.36. The van der Waals surface area contributed by atoms with Gasteiger partial charge in [0.15, 0.2) is 0 Å². The summed E-state index contributed by atoms with van der Waals surface area (Å²) in [5, 5.41) is 16.9. The van der Waals surface area contributed by atoms with E-state index in [1.165, 1.54) is 44.2 Å². The zero-order valence-electron chi connectivity index (χ0n) is 55.7. The molecule has 0 saturated carbocycles. The fourth-order valence-electron chi connectivity index (χ4n) is 10.1. The minimum absolute atomic E-state index is 0. The molecule has 0 heterocycles. The maximum Gasteiger partial charge on any atom is 0.510 e. The monoisotopic (exact) mass is 1670 g/mol. The Bertz CT molecular complexity index is 3180. The summed E-state index contributed by atoms with van der Waals surface area (Å²) in [5.74, 6) is -0.187. The number of halogens is 21. The van der Waals surface area contributed by atoms with Crippen molar-refractivity contribution in [3.05, 3.63) is 125 Å². The Kier molecular flexibility index (Phi) is 58.4. The topological polar surface area (TPSA) is 178 Å². The van der Waals surface area contributed by atoms with E-state index >= 15 is 0 Å². The maximum atomic E-state index is 13.9. The molecule has 4 atom stereocenters. The molecule has 11 nitrogen and oxygen atoms in total. The van der Waals surface area contributed by atoms with Crippen molar-refractivity contribution in [2.45, 2.75) is 325 Å². The number of rotatable bonds is 35. The summed E-state index contributed by atoms with van der Waals surface area (Å²) < 4.78 is 344. The molecule has 0 aliphatic carbocycles. The molecule has 3 aromatic rings.